The van der Waals surface area contributed by atoms with Crippen LogP contribution in [0.3, 0.4) is 0 Å². The van der Waals surface area contributed by atoms with E-state index in [1.54, 1.807) is 13.1 Å². The molecule has 8 heteroatoms. The molecule has 29 heavy (non-hydrogen) atoms. The minimum atomic E-state index is -0.256. The third-order valence-electron chi connectivity index (χ3n) is 5.56. The van der Waals surface area contributed by atoms with Crippen LogP contribution in [0, 0.1) is 5.82 Å². The molecule has 1 saturated heterocycles. The smallest absolute Gasteiger partial charge is 0.191 e. The number of guanidine groups is 1. The number of nitrogens with zero attached hydrogens (tertiary/aromatic N) is 2. The highest BCUT2D eigenvalue weighted by Gasteiger charge is 2.27. The Balaban J connectivity index is 0.00000300. The molecular formula is C21H34FIN4O2. The van der Waals surface area contributed by atoms with Crippen LogP contribution in [0.5, 0.6) is 5.75 Å². The van der Waals surface area contributed by atoms with Crippen LogP contribution in [0.15, 0.2) is 17.1 Å². The number of likely N-dealkylation sites (tertiary alicyclic amines) is 1. The summed E-state index contributed by atoms with van der Waals surface area (Å²) in [5.41, 5.74) is 1.70. The number of fused-ring (bicyclic) bond motifs is 1. The van der Waals surface area contributed by atoms with Crippen molar-refractivity contribution in [2.24, 2.45) is 4.99 Å². The second-order valence-corrected chi connectivity index (χ2v) is 8.13. The quantitative estimate of drug-likeness (QED) is 0.343. The van der Waals surface area contributed by atoms with Crippen molar-refractivity contribution >= 4 is 29.9 Å². The fraction of sp³-hybridized carbons (Fsp3) is 0.667. The van der Waals surface area contributed by atoms with Crippen molar-refractivity contribution in [3.8, 4) is 5.75 Å². The van der Waals surface area contributed by atoms with Gasteiger partial charge in [0, 0.05) is 31.2 Å². The van der Waals surface area contributed by atoms with Crippen LogP contribution < -0.4 is 15.4 Å². The fourth-order valence-corrected chi connectivity index (χ4v) is 3.89. The maximum atomic E-state index is 13.9. The zero-order chi connectivity index (χ0) is 20.0. The first-order valence-corrected chi connectivity index (χ1v) is 10.2. The molecular weight excluding hydrogens is 486 g/mol. The van der Waals surface area contributed by atoms with Crippen LogP contribution in [-0.4, -0.2) is 56.4 Å². The van der Waals surface area contributed by atoms with Gasteiger partial charge in [-0.3, -0.25) is 9.89 Å². The van der Waals surface area contributed by atoms with E-state index in [0.29, 0.717) is 19.6 Å². The van der Waals surface area contributed by atoms with E-state index in [1.807, 2.05) is 0 Å². The van der Waals surface area contributed by atoms with Gasteiger partial charge >= 0.3 is 0 Å². The van der Waals surface area contributed by atoms with Gasteiger partial charge in [-0.15, -0.1) is 24.0 Å². The van der Waals surface area contributed by atoms with Gasteiger partial charge in [-0.25, -0.2) is 4.39 Å². The maximum Gasteiger partial charge on any atom is 0.191 e. The normalized spacial score (nSPS) is 17.7. The molecule has 0 aromatic heterocycles. The van der Waals surface area contributed by atoms with Crippen LogP contribution >= 0.6 is 24.0 Å². The molecule has 2 N–H and O–H groups in total. The Morgan fingerprint density at radius 2 is 1.97 bits per heavy atom. The van der Waals surface area contributed by atoms with Gasteiger partial charge in [0.15, 0.2) is 12.8 Å². The van der Waals surface area contributed by atoms with E-state index in [9.17, 15) is 4.39 Å². The molecule has 1 fully saturated rings. The lowest BCUT2D eigenvalue weighted by molar-refractivity contribution is -0.0172. The first kappa shape index (κ1) is 24.1. The standard InChI is InChI=1S/C21H33FN4O2.HI/c1-21(2,26-9-5-4-6-10-26)14-25-20(23-3)24-8-7-16-11-18(22)12-17-13-27-15-28-19(16)17;/h11-12H,4-10,13-15H2,1-3H3,(H2,23,24,25);1H. The lowest BCUT2D eigenvalue weighted by atomic mass is 9.98. The predicted molar refractivity (Wildman–Crippen MR) is 125 cm³/mol. The molecule has 0 saturated carbocycles. The number of nitrogens with one attached hydrogen (secondary N) is 2. The molecule has 6 nitrogen and oxygen atoms in total. The van der Waals surface area contributed by atoms with Crippen LogP contribution in [-0.2, 0) is 17.8 Å². The highest BCUT2D eigenvalue weighted by molar-refractivity contribution is 14.0. The summed E-state index contributed by atoms with van der Waals surface area (Å²) in [7, 11) is 1.77. The zero-order valence-electron chi connectivity index (χ0n) is 17.7. The first-order chi connectivity index (χ1) is 13.5. The van der Waals surface area contributed by atoms with Crippen LogP contribution in [0.2, 0.25) is 0 Å². The average Bonchev–Trinajstić information content (AvgIpc) is 2.71. The van der Waals surface area contributed by atoms with Gasteiger partial charge in [-0.05, 0) is 63.9 Å². The molecule has 1 aromatic carbocycles. The molecule has 1 aromatic rings. The van der Waals surface area contributed by atoms with Crippen molar-refractivity contribution in [2.45, 2.75) is 51.7 Å². The van der Waals surface area contributed by atoms with E-state index in [1.165, 1.54) is 25.3 Å². The van der Waals surface area contributed by atoms with Crippen molar-refractivity contribution in [3.05, 3.63) is 29.1 Å². The van der Waals surface area contributed by atoms with E-state index in [-0.39, 0.29) is 42.1 Å². The van der Waals surface area contributed by atoms with Crippen molar-refractivity contribution in [3.63, 3.8) is 0 Å². The van der Waals surface area contributed by atoms with Gasteiger partial charge in [0.05, 0.1) is 6.61 Å². The Morgan fingerprint density at radius 3 is 2.69 bits per heavy atom. The average molecular weight is 520 g/mol. The van der Waals surface area contributed by atoms with Gasteiger partial charge in [0.2, 0.25) is 0 Å². The molecule has 2 heterocycles. The molecule has 0 amide bonds. The van der Waals surface area contributed by atoms with Gasteiger partial charge < -0.3 is 20.1 Å². The lowest BCUT2D eigenvalue weighted by Crippen LogP contribution is -2.55. The second kappa shape index (κ2) is 11.3. The van der Waals surface area contributed by atoms with Crippen molar-refractivity contribution in [1.29, 1.82) is 0 Å². The summed E-state index contributed by atoms with van der Waals surface area (Å²) in [6.07, 6.45) is 4.54. The Labute approximate surface area is 190 Å². The van der Waals surface area contributed by atoms with E-state index >= 15 is 0 Å². The molecule has 3 rings (SSSR count). The summed E-state index contributed by atoms with van der Waals surface area (Å²) in [4.78, 5) is 6.87. The van der Waals surface area contributed by atoms with Gasteiger partial charge in [0.25, 0.3) is 0 Å². The molecule has 164 valence electrons. The molecule has 0 bridgehead atoms. The number of aliphatic imine (C=N–C) groups is 1. The van der Waals surface area contributed by atoms with Crippen molar-refractivity contribution < 1.29 is 13.9 Å². The number of halogens is 2. The van der Waals surface area contributed by atoms with E-state index in [0.717, 1.165) is 42.5 Å². The number of hydrogen-bond donors (Lipinski definition) is 2. The molecule has 0 unspecified atom stereocenters. The number of piperidine rings is 1. The van der Waals surface area contributed by atoms with Gasteiger partial charge in [-0.1, -0.05) is 6.42 Å². The van der Waals surface area contributed by atoms with E-state index in [2.05, 4.69) is 34.4 Å². The van der Waals surface area contributed by atoms with E-state index in [4.69, 9.17) is 9.47 Å². The minimum absolute atomic E-state index is 0. The summed E-state index contributed by atoms with van der Waals surface area (Å²) < 4.78 is 24.7. The molecule has 2 aliphatic heterocycles. The predicted octanol–water partition coefficient (Wildman–Crippen LogP) is 3.28. The molecule has 2 aliphatic rings. The van der Waals surface area contributed by atoms with Gasteiger partial charge in [-0.2, -0.15) is 0 Å². The number of benzene rings is 1. The summed E-state index contributed by atoms with van der Waals surface area (Å²) in [5.74, 6) is 1.26. The topological polar surface area (TPSA) is 58.1 Å². The number of ether oxygens (including phenoxy) is 2. The monoisotopic (exact) mass is 520 g/mol. The minimum Gasteiger partial charge on any atom is -0.467 e. The van der Waals surface area contributed by atoms with Crippen molar-refractivity contribution in [2.75, 3.05) is 40.0 Å². The Bertz CT molecular complexity index is 694. The number of hydrogen-bond acceptors (Lipinski definition) is 4. The Morgan fingerprint density at radius 1 is 1.21 bits per heavy atom. The third-order valence-corrected chi connectivity index (χ3v) is 5.56. The molecule has 0 aliphatic carbocycles. The highest BCUT2D eigenvalue weighted by Crippen LogP contribution is 2.29. The Kier molecular flexibility index (Phi) is 9.42. The zero-order valence-corrected chi connectivity index (χ0v) is 20.1. The number of rotatable bonds is 6. The van der Waals surface area contributed by atoms with Crippen LogP contribution in [0.4, 0.5) is 4.39 Å². The van der Waals surface area contributed by atoms with Crippen LogP contribution in [0.1, 0.15) is 44.2 Å². The first-order valence-electron chi connectivity index (χ1n) is 10.2. The third kappa shape index (κ3) is 6.68. The molecule has 0 spiro atoms. The van der Waals surface area contributed by atoms with Crippen molar-refractivity contribution in [1.82, 2.24) is 15.5 Å². The SMILES string of the molecule is CN=C(NCCc1cc(F)cc2c1OCOC2)NCC(C)(C)N1CCCCC1.I. The summed E-state index contributed by atoms with van der Waals surface area (Å²) in [6.45, 7) is 8.95. The maximum absolute atomic E-state index is 13.9. The summed E-state index contributed by atoms with van der Waals surface area (Å²) >= 11 is 0. The molecule has 0 atom stereocenters. The van der Waals surface area contributed by atoms with Crippen LogP contribution in [0.25, 0.3) is 0 Å². The van der Waals surface area contributed by atoms with E-state index < -0.39 is 0 Å². The highest BCUT2D eigenvalue weighted by atomic mass is 127. The second-order valence-electron chi connectivity index (χ2n) is 8.13. The largest absolute Gasteiger partial charge is 0.467 e. The summed E-state index contributed by atoms with van der Waals surface area (Å²) in [6, 6.07) is 3.02. The van der Waals surface area contributed by atoms with Gasteiger partial charge in [0.1, 0.15) is 11.6 Å². The Hall–Kier alpha value is -1.13. The lowest BCUT2D eigenvalue weighted by Gasteiger charge is -2.41. The fourth-order valence-electron chi connectivity index (χ4n) is 3.89. The summed E-state index contributed by atoms with van der Waals surface area (Å²) in [5, 5.41) is 6.77. The molecule has 0 radical (unpaired) electrons.